The van der Waals surface area contributed by atoms with E-state index in [1.54, 1.807) is 6.07 Å². The summed E-state index contributed by atoms with van der Waals surface area (Å²) in [5, 5.41) is 17.2. The molecule has 1 aromatic carbocycles. The fraction of sp³-hybridized carbons (Fsp3) is 0.200. The molecule has 0 spiro atoms. The number of benzene rings is 1. The number of nitrogens with zero attached hydrogens (tertiary/aromatic N) is 1. The highest BCUT2D eigenvalue weighted by atomic mass is 79.9. The first-order chi connectivity index (χ1) is 7.75. The predicted molar refractivity (Wildman–Crippen MR) is 55.2 cm³/mol. The summed E-state index contributed by atoms with van der Waals surface area (Å²) in [5.41, 5.74) is -1.24. The molecule has 3 nitrogen and oxygen atoms in total. The molecule has 0 aliphatic carbocycles. The summed E-state index contributed by atoms with van der Waals surface area (Å²) < 4.78 is 37.2. The van der Waals surface area contributed by atoms with Crippen LogP contribution < -0.4 is 0 Å². The van der Waals surface area contributed by atoms with Crippen molar-refractivity contribution in [3.8, 4) is 6.07 Å². The summed E-state index contributed by atoms with van der Waals surface area (Å²) in [5.74, 6) is -1.21. The molecule has 0 bridgehead atoms. The number of rotatable bonds is 2. The molecular formula is C10H5BrF3NO2. The van der Waals surface area contributed by atoms with Crippen LogP contribution in [0.3, 0.4) is 0 Å². The molecule has 1 N–H and O–H groups in total. The van der Waals surface area contributed by atoms with Gasteiger partial charge in [-0.15, -0.1) is 0 Å². The second kappa shape index (κ2) is 4.75. The minimum atomic E-state index is -4.59. The number of carboxylic acids is 1. The van der Waals surface area contributed by atoms with Crippen LogP contribution in [0, 0.1) is 11.3 Å². The molecule has 0 fully saturated rings. The fourth-order valence-electron chi connectivity index (χ4n) is 1.24. The zero-order valence-corrected chi connectivity index (χ0v) is 9.76. The summed E-state index contributed by atoms with van der Waals surface area (Å²) in [4.78, 5) is 10.5. The van der Waals surface area contributed by atoms with Gasteiger partial charge in [-0.2, -0.15) is 18.4 Å². The van der Waals surface area contributed by atoms with Crippen LogP contribution in [0.15, 0.2) is 16.6 Å². The molecule has 90 valence electrons. The van der Waals surface area contributed by atoms with Crippen LogP contribution in [0.5, 0.6) is 0 Å². The van der Waals surface area contributed by atoms with Crippen LogP contribution in [0.1, 0.15) is 16.7 Å². The quantitative estimate of drug-likeness (QED) is 0.913. The Hall–Kier alpha value is -1.55. The summed E-state index contributed by atoms with van der Waals surface area (Å²) in [6, 6.07) is 3.21. The van der Waals surface area contributed by atoms with Crippen molar-refractivity contribution < 1.29 is 23.1 Å². The van der Waals surface area contributed by atoms with E-state index in [1.807, 2.05) is 0 Å². The third-order valence-electron chi connectivity index (χ3n) is 1.96. The lowest BCUT2D eigenvalue weighted by atomic mass is 10.0. The minimum absolute atomic E-state index is 0.0416. The number of alkyl halides is 3. The average molecular weight is 308 g/mol. The van der Waals surface area contributed by atoms with E-state index in [2.05, 4.69) is 15.9 Å². The Morgan fingerprint density at radius 3 is 2.47 bits per heavy atom. The molecule has 1 rings (SSSR count). The van der Waals surface area contributed by atoms with Gasteiger partial charge in [0.25, 0.3) is 0 Å². The fourth-order valence-corrected chi connectivity index (χ4v) is 1.86. The van der Waals surface area contributed by atoms with Crippen LogP contribution >= 0.6 is 15.9 Å². The van der Waals surface area contributed by atoms with Crippen molar-refractivity contribution in [1.29, 1.82) is 5.26 Å². The SMILES string of the molecule is N#Cc1cc(C(F)(F)F)c(Br)cc1CC(=O)O. The van der Waals surface area contributed by atoms with Gasteiger partial charge in [0, 0.05) is 4.47 Å². The minimum Gasteiger partial charge on any atom is -0.481 e. The number of halogens is 4. The highest BCUT2D eigenvalue weighted by Gasteiger charge is 2.34. The van der Waals surface area contributed by atoms with Gasteiger partial charge < -0.3 is 5.11 Å². The topological polar surface area (TPSA) is 61.1 Å². The maximum Gasteiger partial charge on any atom is 0.417 e. The van der Waals surface area contributed by atoms with E-state index < -0.39 is 24.1 Å². The number of hydrogen-bond acceptors (Lipinski definition) is 2. The van der Waals surface area contributed by atoms with E-state index in [9.17, 15) is 18.0 Å². The lowest BCUT2D eigenvalue weighted by Gasteiger charge is -2.11. The molecule has 1 aromatic rings. The first kappa shape index (κ1) is 13.5. The molecule has 0 radical (unpaired) electrons. The van der Waals surface area contributed by atoms with Crippen molar-refractivity contribution in [2.45, 2.75) is 12.6 Å². The second-order valence-corrected chi connectivity index (χ2v) is 4.02. The number of carbonyl (C=O) groups is 1. The average Bonchev–Trinajstić information content (AvgIpc) is 2.14. The van der Waals surface area contributed by atoms with E-state index in [0.717, 1.165) is 6.07 Å². The molecular weight excluding hydrogens is 303 g/mol. The van der Waals surface area contributed by atoms with Gasteiger partial charge in [0.05, 0.1) is 23.6 Å². The Kier molecular flexibility index (Phi) is 3.78. The van der Waals surface area contributed by atoms with Crippen LogP contribution in [0.4, 0.5) is 13.2 Å². The maximum atomic E-state index is 12.5. The van der Waals surface area contributed by atoms with Crippen molar-refractivity contribution in [2.24, 2.45) is 0 Å². The molecule has 0 saturated carbocycles. The van der Waals surface area contributed by atoms with Crippen LogP contribution in [0.25, 0.3) is 0 Å². The van der Waals surface area contributed by atoms with Gasteiger partial charge in [-0.1, -0.05) is 15.9 Å². The molecule has 17 heavy (non-hydrogen) atoms. The molecule has 0 heterocycles. The van der Waals surface area contributed by atoms with Crippen LogP contribution in [-0.4, -0.2) is 11.1 Å². The number of aliphatic carboxylic acids is 1. The molecule has 7 heteroatoms. The smallest absolute Gasteiger partial charge is 0.417 e. The van der Waals surface area contributed by atoms with Crippen molar-refractivity contribution in [3.63, 3.8) is 0 Å². The van der Waals surface area contributed by atoms with E-state index in [-0.39, 0.29) is 15.6 Å². The third-order valence-corrected chi connectivity index (χ3v) is 2.62. The third kappa shape index (κ3) is 3.20. The summed E-state index contributed by atoms with van der Waals surface area (Å²) >= 11 is 2.71. The Labute approximate surface area is 103 Å². The summed E-state index contributed by atoms with van der Waals surface area (Å²) in [6.45, 7) is 0. The van der Waals surface area contributed by atoms with E-state index >= 15 is 0 Å². The molecule has 0 atom stereocenters. The largest absolute Gasteiger partial charge is 0.481 e. The predicted octanol–water partition coefficient (Wildman–Crippen LogP) is 2.97. The first-order valence-corrected chi connectivity index (χ1v) is 5.06. The monoisotopic (exact) mass is 307 g/mol. The summed E-state index contributed by atoms with van der Waals surface area (Å²) in [6.07, 6.45) is -5.09. The highest BCUT2D eigenvalue weighted by Crippen LogP contribution is 2.36. The normalized spacial score (nSPS) is 11.0. The van der Waals surface area contributed by atoms with Gasteiger partial charge in [0.1, 0.15) is 0 Å². The van der Waals surface area contributed by atoms with Gasteiger partial charge in [-0.25, -0.2) is 0 Å². The van der Waals surface area contributed by atoms with Crippen LogP contribution in [0.2, 0.25) is 0 Å². The Morgan fingerprint density at radius 1 is 1.47 bits per heavy atom. The zero-order valence-electron chi connectivity index (χ0n) is 8.18. The second-order valence-electron chi connectivity index (χ2n) is 3.17. The molecule has 0 saturated heterocycles. The van der Waals surface area contributed by atoms with Gasteiger partial charge >= 0.3 is 12.1 Å². The van der Waals surface area contributed by atoms with Crippen molar-refractivity contribution >= 4 is 21.9 Å². The molecule has 0 amide bonds. The zero-order chi connectivity index (χ0) is 13.2. The van der Waals surface area contributed by atoms with E-state index in [0.29, 0.717) is 6.07 Å². The van der Waals surface area contributed by atoms with Crippen LogP contribution in [-0.2, 0) is 17.4 Å². The highest BCUT2D eigenvalue weighted by molar-refractivity contribution is 9.10. The Bertz CT molecular complexity index is 505. The maximum absolute atomic E-state index is 12.5. The summed E-state index contributed by atoms with van der Waals surface area (Å²) in [7, 11) is 0. The molecule has 0 aromatic heterocycles. The number of nitriles is 1. The van der Waals surface area contributed by atoms with Crippen molar-refractivity contribution in [3.05, 3.63) is 33.3 Å². The first-order valence-electron chi connectivity index (χ1n) is 4.27. The number of carboxylic acid groups (broad SMARTS) is 1. The van der Waals surface area contributed by atoms with Crippen molar-refractivity contribution in [1.82, 2.24) is 0 Å². The Balaban J connectivity index is 3.36. The lowest BCUT2D eigenvalue weighted by molar-refractivity contribution is -0.138. The number of hydrogen-bond donors (Lipinski definition) is 1. The molecule has 0 aliphatic heterocycles. The lowest BCUT2D eigenvalue weighted by Crippen LogP contribution is -2.09. The Morgan fingerprint density at radius 2 is 2.06 bits per heavy atom. The van der Waals surface area contributed by atoms with Gasteiger partial charge in [-0.3, -0.25) is 4.79 Å². The molecule has 0 aliphatic rings. The standard InChI is InChI=1S/C10H5BrF3NO2/c11-8-2-5(3-9(16)17)6(4-15)1-7(8)10(12,13)14/h1-2H,3H2,(H,16,17). The van der Waals surface area contributed by atoms with E-state index in [4.69, 9.17) is 10.4 Å². The van der Waals surface area contributed by atoms with Gasteiger partial charge in [-0.05, 0) is 17.7 Å². The van der Waals surface area contributed by atoms with E-state index in [1.165, 1.54) is 0 Å². The van der Waals surface area contributed by atoms with Gasteiger partial charge in [0.2, 0.25) is 0 Å². The molecule has 0 unspecified atom stereocenters. The van der Waals surface area contributed by atoms with Gasteiger partial charge in [0.15, 0.2) is 0 Å². The van der Waals surface area contributed by atoms with Crippen molar-refractivity contribution in [2.75, 3.05) is 0 Å².